The van der Waals surface area contributed by atoms with Gasteiger partial charge in [-0.1, -0.05) is 5.21 Å². The first-order valence-corrected chi connectivity index (χ1v) is 2.86. The van der Waals surface area contributed by atoms with Crippen LogP contribution in [0.4, 0.5) is 0 Å². The molecule has 3 N–H and O–H groups in total. The number of nitrogens with one attached hydrogen (secondary N) is 1. The van der Waals surface area contributed by atoms with E-state index in [1.165, 1.54) is 0 Å². The van der Waals surface area contributed by atoms with Crippen molar-refractivity contribution in [3.63, 3.8) is 0 Å². The monoisotopic (exact) mass is 139 g/mol. The third kappa shape index (κ3) is 1.31. The Morgan fingerprint density at radius 2 is 2.60 bits per heavy atom. The molecule has 0 aliphatic carbocycles. The van der Waals surface area contributed by atoms with Crippen molar-refractivity contribution in [3.8, 4) is 0 Å². The van der Waals surface area contributed by atoms with E-state index in [9.17, 15) is 0 Å². The predicted molar refractivity (Wildman–Crippen MR) is 36.6 cm³/mol. The zero-order chi connectivity index (χ0) is 7.56. The van der Waals surface area contributed by atoms with Crippen molar-refractivity contribution >= 4 is 5.84 Å². The number of hydrogen-bond donors (Lipinski definition) is 2. The molecule has 1 aromatic heterocycles. The highest BCUT2D eigenvalue weighted by atomic mass is 15.4. The lowest BCUT2D eigenvalue weighted by Crippen LogP contribution is -2.15. The Balaban J connectivity index is 2.74. The molecule has 0 amide bonds. The van der Waals surface area contributed by atoms with Gasteiger partial charge < -0.3 is 5.73 Å². The molecule has 5 nitrogen and oxygen atoms in total. The number of aryl methyl sites for hydroxylation is 1. The number of aromatic nitrogens is 3. The van der Waals surface area contributed by atoms with Crippen LogP contribution in [0.2, 0.25) is 0 Å². The van der Waals surface area contributed by atoms with Gasteiger partial charge in [0, 0.05) is 13.5 Å². The highest BCUT2D eigenvalue weighted by molar-refractivity contribution is 5.78. The normalized spacial score (nSPS) is 9.70. The van der Waals surface area contributed by atoms with Crippen molar-refractivity contribution in [2.75, 3.05) is 0 Å². The SMILES string of the molecule is Cn1nncc1CC(=N)N. The van der Waals surface area contributed by atoms with Gasteiger partial charge in [0.15, 0.2) is 0 Å². The molecule has 0 aromatic carbocycles. The maximum atomic E-state index is 6.98. The van der Waals surface area contributed by atoms with E-state index >= 15 is 0 Å². The Labute approximate surface area is 58.3 Å². The van der Waals surface area contributed by atoms with Crippen LogP contribution in [0, 0.1) is 5.41 Å². The smallest absolute Gasteiger partial charge is 0.0966 e. The molecule has 0 radical (unpaired) electrons. The summed E-state index contributed by atoms with van der Waals surface area (Å²) >= 11 is 0. The molecule has 1 rings (SSSR count). The third-order valence-corrected chi connectivity index (χ3v) is 1.18. The van der Waals surface area contributed by atoms with E-state index in [2.05, 4.69) is 10.3 Å². The first kappa shape index (κ1) is 6.73. The number of nitrogens with two attached hydrogens (primary N) is 1. The lowest BCUT2D eigenvalue weighted by molar-refractivity contribution is 0.690. The standard InChI is InChI=1S/C5H9N5/c1-10-4(2-5(6)7)3-8-9-10/h3H,2H2,1H3,(H3,6,7). The Kier molecular flexibility index (Phi) is 1.66. The highest BCUT2D eigenvalue weighted by Crippen LogP contribution is 1.92. The molecule has 0 fully saturated rings. The maximum absolute atomic E-state index is 6.98. The Morgan fingerprint density at radius 3 is 3.00 bits per heavy atom. The van der Waals surface area contributed by atoms with E-state index in [4.69, 9.17) is 11.1 Å². The van der Waals surface area contributed by atoms with Gasteiger partial charge in [-0.2, -0.15) is 0 Å². The Hall–Kier alpha value is -1.39. The van der Waals surface area contributed by atoms with Crippen molar-refractivity contribution in [2.24, 2.45) is 12.8 Å². The summed E-state index contributed by atoms with van der Waals surface area (Å²) in [6.07, 6.45) is 2.02. The number of hydrogen-bond acceptors (Lipinski definition) is 3. The molecule has 0 spiro atoms. The molecular weight excluding hydrogens is 130 g/mol. The zero-order valence-corrected chi connectivity index (χ0v) is 5.70. The molecule has 0 aliphatic rings. The van der Waals surface area contributed by atoms with E-state index in [1.54, 1.807) is 17.9 Å². The van der Waals surface area contributed by atoms with Gasteiger partial charge in [-0.15, -0.1) is 5.10 Å². The molecule has 0 atom stereocenters. The van der Waals surface area contributed by atoms with Gasteiger partial charge in [0.05, 0.1) is 17.7 Å². The van der Waals surface area contributed by atoms with Crippen molar-refractivity contribution < 1.29 is 0 Å². The van der Waals surface area contributed by atoms with Crippen LogP contribution < -0.4 is 5.73 Å². The predicted octanol–water partition coefficient (Wildman–Crippen LogP) is -0.706. The number of amidine groups is 1. The molecular formula is C5H9N5. The molecule has 0 saturated carbocycles. The minimum absolute atomic E-state index is 0.130. The van der Waals surface area contributed by atoms with Crippen LogP contribution in [0.3, 0.4) is 0 Å². The second kappa shape index (κ2) is 2.47. The molecule has 1 heterocycles. The molecule has 0 saturated heterocycles. The average Bonchev–Trinajstić information content (AvgIpc) is 2.15. The Bertz CT molecular complexity index is 238. The van der Waals surface area contributed by atoms with Gasteiger partial charge >= 0.3 is 0 Å². The largest absolute Gasteiger partial charge is 0.387 e. The van der Waals surface area contributed by atoms with Crippen molar-refractivity contribution in [2.45, 2.75) is 6.42 Å². The minimum Gasteiger partial charge on any atom is -0.387 e. The fraction of sp³-hybridized carbons (Fsp3) is 0.400. The van der Waals surface area contributed by atoms with E-state index in [-0.39, 0.29) is 5.84 Å². The lowest BCUT2D eigenvalue weighted by atomic mass is 10.3. The van der Waals surface area contributed by atoms with E-state index < -0.39 is 0 Å². The zero-order valence-electron chi connectivity index (χ0n) is 5.70. The van der Waals surface area contributed by atoms with Crippen LogP contribution in [0.1, 0.15) is 5.69 Å². The van der Waals surface area contributed by atoms with E-state index in [0.717, 1.165) is 5.69 Å². The summed E-state index contributed by atoms with van der Waals surface area (Å²) < 4.78 is 1.60. The minimum atomic E-state index is 0.130. The molecule has 0 bridgehead atoms. The molecule has 1 aromatic rings. The first-order valence-electron chi connectivity index (χ1n) is 2.86. The van der Waals surface area contributed by atoms with Gasteiger partial charge in [0.25, 0.3) is 0 Å². The first-order chi connectivity index (χ1) is 4.70. The van der Waals surface area contributed by atoms with Crippen LogP contribution in [-0.2, 0) is 13.5 Å². The van der Waals surface area contributed by atoms with E-state index in [0.29, 0.717) is 6.42 Å². The van der Waals surface area contributed by atoms with Gasteiger partial charge in [-0.05, 0) is 0 Å². The van der Waals surface area contributed by atoms with Crippen LogP contribution in [0.15, 0.2) is 6.20 Å². The molecule has 0 aliphatic heterocycles. The maximum Gasteiger partial charge on any atom is 0.0966 e. The molecule has 54 valence electrons. The van der Waals surface area contributed by atoms with Gasteiger partial charge in [0.1, 0.15) is 0 Å². The summed E-state index contributed by atoms with van der Waals surface area (Å²) in [4.78, 5) is 0. The average molecular weight is 139 g/mol. The summed E-state index contributed by atoms with van der Waals surface area (Å²) in [5, 5.41) is 14.3. The fourth-order valence-corrected chi connectivity index (χ4v) is 0.666. The molecule has 0 unspecified atom stereocenters. The summed E-state index contributed by atoms with van der Waals surface area (Å²) in [7, 11) is 1.77. The second-order valence-corrected chi connectivity index (χ2v) is 2.05. The van der Waals surface area contributed by atoms with Gasteiger partial charge in [-0.3, -0.25) is 10.1 Å². The van der Waals surface area contributed by atoms with Crippen molar-refractivity contribution in [3.05, 3.63) is 11.9 Å². The van der Waals surface area contributed by atoms with Gasteiger partial charge in [-0.25, -0.2) is 0 Å². The number of nitrogens with zero attached hydrogens (tertiary/aromatic N) is 3. The summed E-state index contributed by atoms with van der Waals surface area (Å²) in [6.45, 7) is 0. The summed E-state index contributed by atoms with van der Waals surface area (Å²) in [6, 6.07) is 0. The van der Waals surface area contributed by atoms with Crippen LogP contribution >= 0.6 is 0 Å². The quantitative estimate of drug-likeness (QED) is 0.419. The van der Waals surface area contributed by atoms with E-state index in [1.807, 2.05) is 0 Å². The van der Waals surface area contributed by atoms with Crippen LogP contribution in [0.5, 0.6) is 0 Å². The highest BCUT2D eigenvalue weighted by Gasteiger charge is 1.99. The fourth-order valence-electron chi connectivity index (χ4n) is 0.666. The number of rotatable bonds is 2. The summed E-state index contributed by atoms with van der Waals surface area (Å²) in [5.74, 6) is 0.130. The third-order valence-electron chi connectivity index (χ3n) is 1.18. The molecule has 10 heavy (non-hydrogen) atoms. The van der Waals surface area contributed by atoms with Crippen molar-refractivity contribution in [1.29, 1.82) is 5.41 Å². The topological polar surface area (TPSA) is 80.6 Å². The molecule has 5 heteroatoms. The summed E-state index contributed by atoms with van der Waals surface area (Å²) in [5.41, 5.74) is 6.02. The second-order valence-electron chi connectivity index (χ2n) is 2.05. The Morgan fingerprint density at radius 1 is 1.90 bits per heavy atom. The van der Waals surface area contributed by atoms with Gasteiger partial charge in [0.2, 0.25) is 0 Å². The van der Waals surface area contributed by atoms with Crippen molar-refractivity contribution in [1.82, 2.24) is 15.0 Å². The van der Waals surface area contributed by atoms with Crippen LogP contribution in [0.25, 0.3) is 0 Å². The lowest BCUT2D eigenvalue weighted by Gasteiger charge is -1.95. The van der Waals surface area contributed by atoms with Crippen LogP contribution in [-0.4, -0.2) is 20.8 Å².